The predicted molar refractivity (Wildman–Crippen MR) is 142 cm³/mol. The molecule has 0 N–H and O–H groups in total. The van der Waals surface area contributed by atoms with Crippen LogP contribution in [0.3, 0.4) is 0 Å². The molecule has 14 heteroatoms. The molecule has 2 amide bonds. The van der Waals surface area contributed by atoms with Crippen LogP contribution >= 0.6 is 0 Å². The number of methoxy groups -OCH3 is 1. The van der Waals surface area contributed by atoms with Crippen molar-refractivity contribution in [2.75, 3.05) is 64.5 Å². The average Bonchev–Trinajstić information content (AvgIpc) is 3.39. The molecule has 0 bridgehead atoms. The van der Waals surface area contributed by atoms with Gasteiger partial charge < -0.3 is 28.9 Å². The lowest BCUT2D eigenvalue weighted by atomic mass is 9.94. The van der Waals surface area contributed by atoms with Crippen molar-refractivity contribution in [2.45, 2.75) is 25.4 Å². The van der Waals surface area contributed by atoms with Gasteiger partial charge in [0.15, 0.2) is 5.82 Å². The number of likely N-dealkylation sites (tertiary alicyclic amines) is 2. The van der Waals surface area contributed by atoms with Gasteiger partial charge in [-0.15, -0.1) is 0 Å². The van der Waals surface area contributed by atoms with Gasteiger partial charge in [0.1, 0.15) is 11.9 Å². The summed E-state index contributed by atoms with van der Waals surface area (Å²) in [5.74, 6) is 0.282. The van der Waals surface area contributed by atoms with Crippen molar-refractivity contribution in [3.05, 3.63) is 36.2 Å². The lowest BCUT2D eigenvalue weighted by Gasteiger charge is -2.41. The van der Waals surface area contributed by atoms with Gasteiger partial charge in [0, 0.05) is 38.2 Å². The van der Waals surface area contributed by atoms with Crippen LogP contribution in [0.25, 0.3) is 16.9 Å². The second kappa shape index (κ2) is 11.4. The van der Waals surface area contributed by atoms with E-state index in [2.05, 4.69) is 15.0 Å². The maximum atomic E-state index is 14.1. The third kappa shape index (κ3) is 5.47. The van der Waals surface area contributed by atoms with E-state index < -0.39 is 12.2 Å². The molecule has 1 aromatic carbocycles. The fourth-order valence-electron chi connectivity index (χ4n) is 5.47. The highest BCUT2D eigenvalue weighted by molar-refractivity contribution is 5.80. The Morgan fingerprint density at radius 1 is 1.00 bits per heavy atom. The molecule has 0 spiro atoms. The van der Waals surface area contributed by atoms with E-state index in [-0.39, 0.29) is 35.7 Å². The van der Waals surface area contributed by atoms with Gasteiger partial charge in [0.05, 0.1) is 44.4 Å². The topological polar surface area (TPSA) is 115 Å². The molecule has 0 unspecified atom stereocenters. The number of rotatable bonds is 6. The van der Waals surface area contributed by atoms with Gasteiger partial charge in [-0.05, 0) is 25.0 Å². The highest BCUT2D eigenvalue weighted by Crippen LogP contribution is 2.31. The van der Waals surface area contributed by atoms with Gasteiger partial charge >= 0.3 is 6.09 Å². The van der Waals surface area contributed by atoms with Crippen molar-refractivity contribution in [2.24, 2.45) is 5.92 Å². The Hall–Kier alpha value is -4.07. The minimum atomic E-state index is -2.82. The summed E-state index contributed by atoms with van der Waals surface area (Å²) >= 11 is 0. The molecule has 3 saturated heterocycles. The van der Waals surface area contributed by atoms with Crippen molar-refractivity contribution in [3.8, 4) is 11.7 Å². The maximum Gasteiger partial charge on any atom is 0.409 e. The Bertz CT molecular complexity index is 1420. The molecule has 3 aromatic rings. The molecular weight excluding hydrogens is 540 g/mol. The number of carbonyl (C=O) groups excluding carboxylic acids is 2. The summed E-state index contributed by atoms with van der Waals surface area (Å²) in [5.41, 5.74) is 0.932. The molecule has 5 heterocycles. The largest absolute Gasteiger partial charge is 0.470 e. The Labute approximate surface area is 234 Å². The smallest absolute Gasteiger partial charge is 0.409 e. The third-order valence-corrected chi connectivity index (χ3v) is 7.71. The lowest BCUT2D eigenvalue weighted by Crippen LogP contribution is -2.58. The minimum Gasteiger partial charge on any atom is -0.470 e. The number of amides is 2. The monoisotopic (exact) mass is 571 g/mol. The lowest BCUT2D eigenvalue weighted by molar-refractivity contribution is -0.146. The molecule has 218 valence electrons. The highest BCUT2D eigenvalue weighted by atomic mass is 19.3. The van der Waals surface area contributed by atoms with Gasteiger partial charge in [-0.2, -0.15) is 9.97 Å². The van der Waals surface area contributed by atoms with Crippen LogP contribution in [-0.2, 0) is 14.3 Å². The van der Waals surface area contributed by atoms with Gasteiger partial charge in [-0.1, -0.05) is 12.1 Å². The quantitative estimate of drug-likeness (QED) is 0.440. The van der Waals surface area contributed by atoms with Crippen molar-refractivity contribution < 1.29 is 32.6 Å². The molecule has 0 atom stereocenters. The zero-order chi connectivity index (χ0) is 28.5. The van der Waals surface area contributed by atoms with E-state index in [0.717, 1.165) is 0 Å². The summed E-state index contributed by atoms with van der Waals surface area (Å²) in [7, 11) is 1.35. The number of fused-ring (bicyclic) bond motifs is 1. The van der Waals surface area contributed by atoms with E-state index in [1.807, 2.05) is 4.90 Å². The second-order valence-corrected chi connectivity index (χ2v) is 10.3. The van der Waals surface area contributed by atoms with Crippen molar-refractivity contribution in [1.82, 2.24) is 29.3 Å². The first-order chi connectivity index (χ1) is 19.9. The number of para-hydroxylation sites is 2. The normalized spacial score (nSPS) is 18.6. The molecule has 0 aliphatic carbocycles. The van der Waals surface area contributed by atoms with Crippen molar-refractivity contribution in [1.29, 1.82) is 0 Å². The number of hydrogen-bond donors (Lipinski definition) is 0. The van der Waals surface area contributed by atoms with Crippen LogP contribution in [0.15, 0.2) is 30.3 Å². The summed E-state index contributed by atoms with van der Waals surface area (Å²) in [6.45, 7) is 3.84. The Morgan fingerprint density at radius 3 is 2.44 bits per heavy atom. The van der Waals surface area contributed by atoms with Crippen LogP contribution in [0, 0.1) is 5.92 Å². The van der Waals surface area contributed by atoms with E-state index in [1.54, 1.807) is 34.1 Å². The fraction of sp³-hybridized carbons (Fsp3) is 0.519. The van der Waals surface area contributed by atoms with Gasteiger partial charge in [-0.3, -0.25) is 9.36 Å². The number of aromatic nitrogens is 4. The standard InChI is InChI=1S/C27H31F2N7O5/c1-39-27(38)34-8-6-17(7-9-34)25(37)35-15-18(16-35)41-22-14-21(31-26(32-22)33-10-12-40-13-11-33)36-20-5-3-2-4-19(20)30-24(36)23(28)29/h2-5,14,17-18,23H,6-13,15-16H2,1H3. The maximum absolute atomic E-state index is 14.1. The van der Waals surface area contributed by atoms with Gasteiger partial charge in [0.25, 0.3) is 6.43 Å². The van der Waals surface area contributed by atoms with E-state index in [1.165, 1.54) is 17.7 Å². The number of halogens is 2. The molecule has 3 aliphatic heterocycles. The molecule has 12 nitrogen and oxygen atoms in total. The first kappa shape index (κ1) is 27.1. The van der Waals surface area contributed by atoms with Crippen LogP contribution in [0.1, 0.15) is 25.1 Å². The fourth-order valence-corrected chi connectivity index (χ4v) is 5.47. The number of morpholine rings is 1. The number of imidazole rings is 1. The number of benzene rings is 1. The van der Waals surface area contributed by atoms with E-state index in [4.69, 9.17) is 14.2 Å². The number of alkyl halides is 2. The van der Waals surface area contributed by atoms with Crippen molar-refractivity contribution >= 4 is 29.0 Å². The number of anilines is 1. The molecule has 3 aliphatic rings. The van der Waals surface area contributed by atoms with Crippen LogP contribution < -0.4 is 9.64 Å². The summed E-state index contributed by atoms with van der Waals surface area (Å²) in [4.78, 5) is 43.4. The first-order valence-electron chi connectivity index (χ1n) is 13.7. The summed E-state index contributed by atoms with van der Waals surface area (Å²) in [6.07, 6.45) is -2.33. The summed E-state index contributed by atoms with van der Waals surface area (Å²) < 4.78 is 45.9. The number of hydrogen-bond acceptors (Lipinski definition) is 9. The molecule has 41 heavy (non-hydrogen) atoms. The summed E-state index contributed by atoms with van der Waals surface area (Å²) in [5, 5.41) is 0. The zero-order valence-corrected chi connectivity index (χ0v) is 22.6. The Morgan fingerprint density at radius 2 is 1.73 bits per heavy atom. The first-order valence-corrected chi connectivity index (χ1v) is 13.7. The Kier molecular flexibility index (Phi) is 7.56. The highest BCUT2D eigenvalue weighted by Gasteiger charge is 2.38. The number of piperidine rings is 1. The molecular formula is C27H31F2N7O5. The van der Waals surface area contributed by atoms with Crippen molar-refractivity contribution in [3.63, 3.8) is 0 Å². The molecule has 0 saturated carbocycles. The molecule has 6 rings (SSSR count). The summed E-state index contributed by atoms with van der Waals surface area (Å²) in [6, 6.07) is 8.44. The van der Waals surface area contributed by atoms with Crippen LogP contribution in [0.4, 0.5) is 19.5 Å². The second-order valence-electron chi connectivity index (χ2n) is 10.3. The molecule has 2 aromatic heterocycles. The zero-order valence-electron chi connectivity index (χ0n) is 22.6. The van der Waals surface area contributed by atoms with Gasteiger partial charge in [0.2, 0.25) is 17.7 Å². The van der Waals surface area contributed by atoms with Crippen LogP contribution in [-0.4, -0.2) is 107 Å². The van der Waals surface area contributed by atoms with E-state index in [0.29, 0.717) is 82.3 Å². The van der Waals surface area contributed by atoms with Gasteiger partial charge in [-0.25, -0.2) is 18.6 Å². The average molecular weight is 572 g/mol. The molecule has 3 fully saturated rings. The Balaban J connectivity index is 1.20. The minimum absolute atomic E-state index is 0.0400. The number of carbonyl (C=O) groups is 2. The number of nitrogens with zero attached hydrogens (tertiary/aromatic N) is 7. The molecule has 0 radical (unpaired) electrons. The van der Waals surface area contributed by atoms with E-state index in [9.17, 15) is 18.4 Å². The third-order valence-electron chi connectivity index (χ3n) is 7.71. The van der Waals surface area contributed by atoms with Crippen LogP contribution in [0.2, 0.25) is 0 Å². The SMILES string of the molecule is COC(=O)N1CCC(C(=O)N2CC(Oc3cc(-n4c(C(F)F)nc5ccccc54)nc(N4CCOCC4)n3)C2)CC1. The van der Waals surface area contributed by atoms with E-state index >= 15 is 0 Å². The predicted octanol–water partition coefficient (Wildman–Crippen LogP) is 2.66. The van der Waals surface area contributed by atoms with Crippen LogP contribution in [0.5, 0.6) is 5.88 Å². The number of ether oxygens (including phenoxy) is 3.